The SMILES string of the molecule is Cc1cc(N2CCS(=O)(=O)CC2C)ccc1C(=O)O. The highest BCUT2D eigenvalue weighted by Crippen LogP contribution is 2.24. The number of anilines is 1. The Morgan fingerprint density at radius 2 is 2.11 bits per heavy atom. The summed E-state index contributed by atoms with van der Waals surface area (Å²) in [5.41, 5.74) is 1.84. The van der Waals surface area contributed by atoms with Crippen molar-refractivity contribution in [2.24, 2.45) is 0 Å². The number of hydrogen-bond acceptors (Lipinski definition) is 4. The molecule has 1 atom stereocenters. The molecule has 1 aliphatic rings. The average Bonchev–Trinajstić information content (AvgIpc) is 2.26. The van der Waals surface area contributed by atoms with Crippen LogP contribution in [0.1, 0.15) is 22.8 Å². The first-order chi connectivity index (χ1) is 8.80. The minimum Gasteiger partial charge on any atom is -0.478 e. The maximum atomic E-state index is 11.5. The van der Waals surface area contributed by atoms with Gasteiger partial charge in [0.05, 0.1) is 17.1 Å². The van der Waals surface area contributed by atoms with E-state index in [2.05, 4.69) is 0 Å². The van der Waals surface area contributed by atoms with Crippen LogP contribution in [0, 0.1) is 6.92 Å². The van der Waals surface area contributed by atoms with Gasteiger partial charge < -0.3 is 10.0 Å². The van der Waals surface area contributed by atoms with Crippen LogP contribution in [0.2, 0.25) is 0 Å². The third kappa shape index (κ3) is 2.89. The van der Waals surface area contributed by atoms with Crippen LogP contribution in [-0.4, -0.2) is 43.6 Å². The van der Waals surface area contributed by atoms with E-state index >= 15 is 0 Å². The van der Waals surface area contributed by atoms with Crippen molar-refractivity contribution in [3.8, 4) is 0 Å². The fourth-order valence-electron chi connectivity index (χ4n) is 2.45. The molecule has 1 unspecified atom stereocenters. The second-order valence-electron chi connectivity index (χ2n) is 4.96. The Kier molecular flexibility index (Phi) is 3.54. The fourth-order valence-corrected chi connectivity index (χ4v) is 4.01. The first-order valence-corrected chi connectivity index (χ1v) is 7.93. The van der Waals surface area contributed by atoms with Crippen LogP contribution in [0.25, 0.3) is 0 Å². The molecule has 1 aromatic rings. The van der Waals surface area contributed by atoms with E-state index in [0.717, 1.165) is 5.69 Å². The zero-order valence-electron chi connectivity index (χ0n) is 11.0. The molecule has 5 nitrogen and oxygen atoms in total. The molecular formula is C13H17NO4S. The van der Waals surface area contributed by atoms with Crippen molar-refractivity contribution in [2.45, 2.75) is 19.9 Å². The predicted octanol–water partition coefficient (Wildman–Crippen LogP) is 1.32. The van der Waals surface area contributed by atoms with E-state index in [4.69, 9.17) is 5.11 Å². The summed E-state index contributed by atoms with van der Waals surface area (Å²) in [4.78, 5) is 13.0. The largest absolute Gasteiger partial charge is 0.478 e. The lowest BCUT2D eigenvalue weighted by Crippen LogP contribution is -2.47. The quantitative estimate of drug-likeness (QED) is 0.886. The van der Waals surface area contributed by atoms with E-state index in [1.165, 1.54) is 0 Å². The van der Waals surface area contributed by atoms with E-state index in [0.29, 0.717) is 12.1 Å². The van der Waals surface area contributed by atoms with Gasteiger partial charge in [0.15, 0.2) is 9.84 Å². The number of carboxylic acid groups (broad SMARTS) is 1. The van der Waals surface area contributed by atoms with Gasteiger partial charge in [-0.05, 0) is 37.6 Å². The van der Waals surface area contributed by atoms with Gasteiger partial charge in [0.25, 0.3) is 0 Å². The number of carboxylic acids is 1. The molecule has 19 heavy (non-hydrogen) atoms. The molecule has 0 aliphatic carbocycles. The number of rotatable bonds is 2. The highest BCUT2D eigenvalue weighted by Gasteiger charge is 2.28. The summed E-state index contributed by atoms with van der Waals surface area (Å²) >= 11 is 0. The molecule has 6 heteroatoms. The van der Waals surface area contributed by atoms with Gasteiger partial charge in [0.2, 0.25) is 0 Å². The maximum Gasteiger partial charge on any atom is 0.335 e. The number of nitrogens with zero attached hydrogens (tertiary/aromatic N) is 1. The number of hydrogen-bond donors (Lipinski definition) is 1. The van der Waals surface area contributed by atoms with Crippen LogP contribution in [-0.2, 0) is 9.84 Å². The van der Waals surface area contributed by atoms with Crippen LogP contribution < -0.4 is 4.90 Å². The predicted molar refractivity (Wildman–Crippen MR) is 73.6 cm³/mol. The zero-order valence-corrected chi connectivity index (χ0v) is 11.8. The lowest BCUT2D eigenvalue weighted by atomic mass is 10.1. The summed E-state index contributed by atoms with van der Waals surface area (Å²) in [5.74, 6) is -0.651. The van der Waals surface area contributed by atoms with Gasteiger partial charge in [-0.3, -0.25) is 0 Å². The van der Waals surface area contributed by atoms with Gasteiger partial charge in [0, 0.05) is 18.3 Å². The van der Waals surface area contributed by atoms with Crippen molar-refractivity contribution in [1.82, 2.24) is 0 Å². The Balaban J connectivity index is 2.28. The van der Waals surface area contributed by atoms with Crippen LogP contribution in [0.4, 0.5) is 5.69 Å². The van der Waals surface area contributed by atoms with Gasteiger partial charge in [-0.25, -0.2) is 13.2 Å². The summed E-state index contributed by atoms with van der Waals surface area (Å²) in [5, 5.41) is 8.99. The Morgan fingerprint density at radius 3 is 2.63 bits per heavy atom. The molecule has 104 valence electrons. The Morgan fingerprint density at radius 1 is 1.42 bits per heavy atom. The monoisotopic (exact) mass is 283 g/mol. The molecule has 1 aromatic carbocycles. The number of aromatic carboxylic acids is 1. The molecule has 2 rings (SSSR count). The molecular weight excluding hydrogens is 266 g/mol. The Labute approximate surface area is 112 Å². The molecule has 1 aliphatic heterocycles. The lowest BCUT2D eigenvalue weighted by Gasteiger charge is -2.35. The van der Waals surface area contributed by atoms with Gasteiger partial charge in [0.1, 0.15) is 0 Å². The molecule has 1 N–H and O–H groups in total. The summed E-state index contributed by atoms with van der Waals surface area (Å²) in [6.07, 6.45) is 0. The highest BCUT2D eigenvalue weighted by molar-refractivity contribution is 7.91. The van der Waals surface area contributed by atoms with Crippen molar-refractivity contribution in [3.05, 3.63) is 29.3 Å². The minimum atomic E-state index is -2.94. The number of aryl methyl sites for hydroxylation is 1. The Bertz CT molecular complexity index is 609. The van der Waals surface area contributed by atoms with Crippen LogP contribution >= 0.6 is 0 Å². The second-order valence-corrected chi connectivity index (χ2v) is 7.19. The standard InChI is InChI=1S/C13H17NO4S/c1-9-7-11(3-4-12(9)13(15)16)14-5-6-19(17,18)8-10(14)2/h3-4,7,10H,5-6,8H2,1-2H3,(H,15,16). The summed E-state index contributed by atoms with van der Waals surface area (Å²) in [6.45, 7) is 4.07. The molecule has 1 heterocycles. The molecule has 0 amide bonds. The first kappa shape index (κ1) is 13.9. The summed E-state index contributed by atoms with van der Waals surface area (Å²) in [6, 6.07) is 5.03. The second kappa shape index (κ2) is 4.85. The highest BCUT2D eigenvalue weighted by atomic mass is 32.2. The van der Waals surface area contributed by atoms with Gasteiger partial charge in [-0.15, -0.1) is 0 Å². The molecule has 1 fully saturated rings. The minimum absolute atomic E-state index is 0.0890. The molecule has 0 spiro atoms. The summed E-state index contributed by atoms with van der Waals surface area (Å²) < 4.78 is 23.1. The topological polar surface area (TPSA) is 74.7 Å². The van der Waals surface area contributed by atoms with E-state index in [1.807, 2.05) is 11.8 Å². The molecule has 1 saturated heterocycles. The van der Waals surface area contributed by atoms with Crippen molar-refractivity contribution in [2.75, 3.05) is 23.0 Å². The van der Waals surface area contributed by atoms with Crippen molar-refractivity contribution in [3.63, 3.8) is 0 Å². The lowest BCUT2D eigenvalue weighted by molar-refractivity contribution is 0.0696. The van der Waals surface area contributed by atoms with E-state index < -0.39 is 15.8 Å². The maximum absolute atomic E-state index is 11.5. The number of benzene rings is 1. The summed E-state index contributed by atoms with van der Waals surface area (Å²) in [7, 11) is -2.94. The Hall–Kier alpha value is -1.56. The average molecular weight is 283 g/mol. The normalized spacial score (nSPS) is 22.2. The number of carbonyl (C=O) groups is 1. The van der Waals surface area contributed by atoms with Gasteiger partial charge in [-0.1, -0.05) is 0 Å². The van der Waals surface area contributed by atoms with Crippen molar-refractivity contribution in [1.29, 1.82) is 0 Å². The smallest absolute Gasteiger partial charge is 0.335 e. The van der Waals surface area contributed by atoms with Gasteiger partial charge >= 0.3 is 5.97 Å². The van der Waals surface area contributed by atoms with Gasteiger partial charge in [-0.2, -0.15) is 0 Å². The molecule has 0 saturated carbocycles. The van der Waals surface area contributed by atoms with E-state index in [9.17, 15) is 13.2 Å². The first-order valence-electron chi connectivity index (χ1n) is 6.11. The van der Waals surface area contributed by atoms with Crippen molar-refractivity contribution < 1.29 is 18.3 Å². The molecule has 0 aromatic heterocycles. The third-order valence-electron chi connectivity index (χ3n) is 3.44. The molecule has 0 radical (unpaired) electrons. The van der Waals surface area contributed by atoms with Crippen LogP contribution in [0.15, 0.2) is 18.2 Å². The number of sulfone groups is 1. The van der Waals surface area contributed by atoms with Crippen LogP contribution in [0.5, 0.6) is 0 Å². The third-order valence-corrected chi connectivity index (χ3v) is 5.24. The van der Waals surface area contributed by atoms with Crippen molar-refractivity contribution >= 4 is 21.5 Å². The van der Waals surface area contributed by atoms with Crippen LogP contribution in [0.3, 0.4) is 0 Å². The zero-order chi connectivity index (χ0) is 14.2. The van der Waals surface area contributed by atoms with E-state index in [-0.39, 0.29) is 23.1 Å². The van der Waals surface area contributed by atoms with E-state index in [1.54, 1.807) is 25.1 Å². The fraction of sp³-hybridized carbons (Fsp3) is 0.462. The molecule has 0 bridgehead atoms.